The molecule has 10 nitrogen and oxygen atoms in total. The molecule has 1 aromatic carbocycles. The SMILES string of the molecule is C=CC(=O)OCCCCOC1CCC(C(=O)Oc2ccc(OC(=O)C3CCC(OCCCCOC(=O)C=C)CC3)c(C)c2)CC1. The average Bonchev–Trinajstić information content (AvgIpc) is 3.05. The highest BCUT2D eigenvalue weighted by Crippen LogP contribution is 2.31. The fourth-order valence-electron chi connectivity index (χ4n) is 5.49. The van der Waals surface area contributed by atoms with E-state index in [1.54, 1.807) is 18.2 Å². The number of carbonyl (C=O) groups excluding carboxylic acids is 4. The fraction of sp³-hybridized carbons (Fsp3) is 0.600. The molecule has 0 heterocycles. The molecule has 3 rings (SSSR count). The monoisotopic (exact) mass is 628 g/mol. The van der Waals surface area contributed by atoms with Gasteiger partial charge >= 0.3 is 23.9 Å². The molecule has 0 saturated heterocycles. The molecule has 2 saturated carbocycles. The first-order valence-corrected chi connectivity index (χ1v) is 16.1. The van der Waals surface area contributed by atoms with E-state index in [1.807, 2.05) is 6.92 Å². The van der Waals surface area contributed by atoms with Gasteiger partial charge in [0.15, 0.2) is 0 Å². The van der Waals surface area contributed by atoms with E-state index in [1.165, 1.54) is 0 Å². The molecule has 0 unspecified atom stereocenters. The Morgan fingerprint density at radius 3 is 1.56 bits per heavy atom. The lowest BCUT2D eigenvalue weighted by Gasteiger charge is -2.27. The summed E-state index contributed by atoms with van der Waals surface area (Å²) in [5.74, 6) is -0.789. The second-order valence-corrected chi connectivity index (χ2v) is 11.6. The molecule has 45 heavy (non-hydrogen) atoms. The number of ether oxygens (including phenoxy) is 6. The van der Waals surface area contributed by atoms with Crippen molar-refractivity contribution >= 4 is 23.9 Å². The summed E-state index contributed by atoms with van der Waals surface area (Å²) in [7, 11) is 0. The number of esters is 4. The van der Waals surface area contributed by atoms with E-state index in [-0.39, 0.29) is 36.0 Å². The third kappa shape index (κ3) is 13.2. The number of hydrogen-bond acceptors (Lipinski definition) is 10. The summed E-state index contributed by atoms with van der Waals surface area (Å²) in [5.41, 5.74) is 0.723. The van der Waals surface area contributed by atoms with Gasteiger partial charge in [-0.3, -0.25) is 9.59 Å². The number of carbonyl (C=O) groups is 4. The molecule has 0 N–H and O–H groups in total. The summed E-state index contributed by atoms with van der Waals surface area (Å²) in [6, 6.07) is 5.07. The molecule has 0 atom stereocenters. The predicted molar refractivity (Wildman–Crippen MR) is 167 cm³/mol. The Morgan fingerprint density at radius 1 is 0.667 bits per heavy atom. The zero-order valence-corrected chi connectivity index (χ0v) is 26.5. The lowest BCUT2D eigenvalue weighted by molar-refractivity contribution is -0.142. The van der Waals surface area contributed by atoms with Crippen LogP contribution in [0.15, 0.2) is 43.5 Å². The minimum absolute atomic E-state index is 0.120. The molecule has 1 aromatic rings. The van der Waals surface area contributed by atoms with Gasteiger partial charge in [0, 0.05) is 25.4 Å². The van der Waals surface area contributed by atoms with Crippen molar-refractivity contribution in [2.45, 2.75) is 96.2 Å². The number of hydrogen-bond donors (Lipinski definition) is 0. The summed E-state index contributed by atoms with van der Waals surface area (Å²) in [5, 5.41) is 0. The Kier molecular flexibility index (Phi) is 15.8. The molecule has 2 aliphatic carbocycles. The summed E-state index contributed by atoms with van der Waals surface area (Å²) >= 11 is 0. The lowest BCUT2D eigenvalue weighted by Crippen LogP contribution is -2.29. The van der Waals surface area contributed by atoms with Crippen LogP contribution in [0.5, 0.6) is 11.5 Å². The first-order chi connectivity index (χ1) is 21.8. The highest BCUT2D eigenvalue weighted by atomic mass is 16.5. The topological polar surface area (TPSA) is 124 Å². The highest BCUT2D eigenvalue weighted by molar-refractivity contribution is 5.81. The fourth-order valence-corrected chi connectivity index (χ4v) is 5.49. The molecule has 0 spiro atoms. The number of benzene rings is 1. The Hall–Kier alpha value is -3.50. The largest absolute Gasteiger partial charge is 0.463 e. The normalized spacial score (nSPS) is 21.3. The molecule has 248 valence electrons. The van der Waals surface area contributed by atoms with Crippen LogP contribution in [0.3, 0.4) is 0 Å². The van der Waals surface area contributed by atoms with Gasteiger partial charge < -0.3 is 28.4 Å². The summed E-state index contributed by atoms with van der Waals surface area (Å²) in [6.45, 7) is 10.5. The zero-order chi connectivity index (χ0) is 32.4. The van der Waals surface area contributed by atoms with Crippen LogP contribution in [-0.2, 0) is 38.1 Å². The van der Waals surface area contributed by atoms with Crippen LogP contribution < -0.4 is 9.47 Å². The average molecular weight is 629 g/mol. The molecule has 0 aliphatic heterocycles. The van der Waals surface area contributed by atoms with Crippen molar-refractivity contribution in [3.63, 3.8) is 0 Å². The Balaban J connectivity index is 1.30. The van der Waals surface area contributed by atoms with Crippen LogP contribution in [0, 0.1) is 18.8 Å². The molecule has 2 fully saturated rings. The van der Waals surface area contributed by atoms with Crippen molar-refractivity contribution in [1.29, 1.82) is 0 Å². The molecule has 0 radical (unpaired) electrons. The molecule has 0 amide bonds. The van der Waals surface area contributed by atoms with Gasteiger partial charge in [-0.25, -0.2) is 9.59 Å². The molecular weight excluding hydrogens is 580 g/mol. The van der Waals surface area contributed by atoms with Crippen LogP contribution in [0.25, 0.3) is 0 Å². The van der Waals surface area contributed by atoms with Crippen LogP contribution in [0.4, 0.5) is 0 Å². The van der Waals surface area contributed by atoms with E-state index in [0.29, 0.717) is 63.6 Å². The van der Waals surface area contributed by atoms with E-state index in [9.17, 15) is 19.2 Å². The number of rotatable bonds is 18. The standard InChI is InChI=1S/C35H48O10/c1-4-32(36)42-22-8-6-20-40-28-14-10-26(11-15-28)34(38)44-30-18-19-31(25(3)24-30)45-35(39)27-12-16-29(17-13-27)41-21-7-9-23-43-33(37)5-2/h4-5,18-19,24,26-29H,1-2,6-17,20-23H2,3H3. The summed E-state index contributed by atoms with van der Waals surface area (Å²) in [4.78, 5) is 47.8. The van der Waals surface area contributed by atoms with E-state index in [0.717, 1.165) is 69.1 Å². The summed E-state index contributed by atoms with van der Waals surface area (Å²) < 4.78 is 33.2. The van der Waals surface area contributed by atoms with Gasteiger partial charge in [-0.1, -0.05) is 13.2 Å². The van der Waals surface area contributed by atoms with Crippen LogP contribution in [-0.4, -0.2) is 62.5 Å². The zero-order valence-electron chi connectivity index (χ0n) is 26.5. The third-order valence-electron chi connectivity index (χ3n) is 8.20. The second kappa shape index (κ2) is 19.8. The van der Waals surface area contributed by atoms with Crippen LogP contribution in [0.1, 0.15) is 82.6 Å². The number of aryl methyl sites for hydroxylation is 1. The van der Waals surface area contributed by atoms with Gasteiger partial charge in [-0.2, -0.15) is 0 Å². The Labute approximate surface area is 266 Å². The van der Waals surface area contributed by atoms with E-state index in [4.69, 9.17) is 28.4 Å². The molecule has 10 heteroatoms. The van der Waals surface area contributed by atoms with Gasteiger partial charge in [0.1, 0.15) is 11.5 Å². The van der Waals surface area contributed by atoms with Gasteiger partial charge in [-0.15, -0.1) is 0 Å². The highest BCUT2D eigenvalue weighted by Gasteiger charge is 2.30. The van der Waals surface area contributed by atoms with Crippen molar-refractivity contribution < 1.29 is 47.6 Å². The van der Waals surface area contributed by atoms with Crippen molar-refractivity contribution in [2.75, 3.05) is 26.4 Å². The Bertz CT molecular complexity index is 1130. The molecule has 0 aromatic heterocycles. The smallest absolute Gasteiger partial charge is 0.330 e. The molecule has 2 aliphatic rings. The molecular formula is C35H48O10. The quantitative estimate of drug-likeness (QED) is 0.0831. The van der Waals surface area contributed by atoms with E-state index < -0.39 is 11.9 Å². The van der Waals surface area contributed by atoms with Crippen molar-refractivity contribution in [1.82, 2.24) is 0 Å². The molecule has 0 bridgehead atoms. The van der Waals surface area contributed by atoms with Crippen molar-refractivity contribution in [3.05, 3.63) is 49.1 Å². The van der Waals surface area contributed by atoms with Crippen molar-refractivity contribution in [3.8, 4) is 11.5 Å². The minimum atomic E-state index is -0.414. The maximum Gasteiger partial charge on any atom is 0.330 e. The van der Waals surface area contributed by atoms with Crippen LogP contribution in [0.2, 0.25) is 0 Å². The van der Waals surface area contributed by atoms with Crippen molar-refractivity contribution in [2.24, 2.45) is 11.8 Å². The van der Waals surface area contributed by atoms with Gasteiger partial charge in [0.2, 0.25) is 0 Å². The second-order valence-electron chi connectivity index (χ2n) is 11.6. The van der Waals surface area contributed by atoms with E-state index >= 15 is 0 Å². The summed E-state index contributed by atoms with van der Waals surface area (Å²) in [6.07, 6.45) is 11.6. The maximum atomic E-state index is 12.9. The first kappa shape index (κ1) is 36.0. The lowest BCUT2D eigenvalue weighted by atomic mass is 9.87. The number of unbranched alkanes of at least 4 members (excludes halogenated alkanes) is 2. The predicted octanol–water partition coefficient (Wildman–Crippen LogP) is 5.98. The van der Waals surface area contributed by atoms with Gasteiger partial charge in [-0.05, 0) is 108 Å². The minimum Gasteiger partial charge on any atom is -0.463 e. The maximum absolute atomic E-state index is 12.9. The van der Waals surface area contributed by atoms with Gasteiger partial charge in [0.05, 0.1) is 37.3 Å². The van der Waals surface area contributed by atoms with E-state index in [2.05, 4.69) is 13.2 Å². The van der Waals surface area contributed by atoms with Crippen LogP contribution >= 0.6 is 0 Å². The first-order valence-electron chi connectivity index (χ1n) is 16.1. The third-order valence-corrected chi connectivity index (χ3v) is 8.20. The Morgan fingerprint density at radius 2 is 1.11 bits per heavy atom. The van der Waals surface area contributed by atoms with Gasteiger partial charge in [0.25, 0.3) is 0 Å².